The molecule has 5 heteroatoms. The highest BCUT2D eigenvalue weighted by Gasteiger charge is 2.20. The fourth-order valence-corrected chi connectivity index (χ4v) is 2.43. The van der Waals surface area contributed by atoms with Crippen LogP contribution in [0.4, 0.5) is 0 Å². The molecule has 2 heterocycles. The lowest BCUT2D eigenvalue weighted by atomic mass is 10.2. The Morgan fingerprint density at radius 1 is 1.25 bits per heavy atom. The van der Waals surface area contributed by atoms with E-state index in [0.29, 0.717) is 18.4 Å². The van der Waals surface area contributed by atoms with Crippen molar-refractivity contribution in [2.45, 2.75) is 26.1 Å². The summed E-state index contributed by atoms with van der Waals surface area (Å²) >= 11 is 0. The molecule has 5 nitrogen and oxygen atoms in total. The molecule has 2 rings (SSSR count). The summed E-state index contributed by atoms with van der Waals surface area (Å²) in [5, 5.41) is 10.1. The summed E-state index contributed by atoms with van der Waals surface area (Å²) < 4.78 is 10.8. The van der Waals surface area contributed by atoms with Gasteiger partial charge < -0.3 is 14.3 Å². The SMILES string of the molecule is CC(C)OCCN1CCN(C[C@@H](O)c2ccco2)CC1. The minimum atomic E-state index is -0.527. The van der Waals surface area contributed by atoms with E-state index >= 15 is 0 Å². The van der Waals surface area contributed by atoms with Gasteiger partial charge in [-0.1, -0.05) is 0 Å². The van der Waals surface area contributed by atoms with Gasteiger partial charge in [0.1, 0.15) is 11.9 Å². The van der Waals surface area contributed by atoms with E-state index in [1.165, 1.54) is 0 Å². The van der Waals surface area contributed by atoms with Crippen molar-refractivity contribution in [3.8, 4) is 0 Å². The lowest BCUT2D eigenvalue weighted by Crippen LogP contribution is -2.48. The number of aliphatic hydroxyl groups excluding tert-OH is 1. The largest absolute Gasteiger partial charge is 0.467 e. The zero-order valence-electron chi connectivity index (χ0n) is 12.5. The molecule has 1 saturated heterocycles. The van der Waals surface area contributed by atoms with Gasteiger partial charge in [0.05, 0.1) is 19.0 Å². The fourth-order valence-electron chi connectivity index (χ4n) is 2.43. The van der Waals surface area contributed by atoms with Crippen molar-refractivity contribution in [2.24, 2.45) is 0 Å². The molecular formula is C15H26N2O3. The number of piperazine rings is 1. The Bertz CT molecular complexity index is 359. The summed E-state index contributed by atoms with van der Waals surface area (Å²) in [6.45, 7) is 10.6. The first-order valence-electron chi connectivity index (χ1n) is 7.43. The highest BCUT2D eigenvalue weighted by atomic mass is 16.5. The Balaban J connectivity index is 1.64. The highest BCUT2D eigenvalue weighted by Crippen LogP contribution is 2.15. The van der Waals surface area contributed by atoms with E-state index in [1.54, 1.807) is 6.26 Å². The van der Waals surface area contributed by atoms with Gasteiger partial charge >= 0.3 is 0 Å². The van der Waals surface area contributed by atoms with Crippen molar-refractivity contribution in [2.75, 3.05) is 45.9 Å². The van der Waals surface area contributed by atoms with Crippen LogP contribution in [0.1, 0.15) is 25.7 Å². The summed E-state index contributed by atoms with van der Waals surface area (Å²) in [4.78, 5) is 4.70. The van der Waals surface area contributed by atoms with E-state index in [9.17, 15) is 5.11 Å². The first-order chi connectivity index (χ1) is 9.65. The van der Waals surface area contributed by atoms with Gasteiger partial charge in [0.25, 0.3) is 0 Å². The van der Waals surface area contributed by atoms with E-state index in [2.05, 4.69) is 23.6 Å². The molecule has 0 amide bonds. The number of ether oxygens (including phenoxy) is 1. The number of hydrogen-bond acceptors (Lipinski definition) is 5. The molecule has 1 N–H and O–H groups in total. The van der Waals surface area contributed by atoms with Gasteiger partial charge in [-0.3, -0.25) is 9.80 Å². The van der Waals surface area contributed by atoms with E-state index in [0.717, 1.165) is 39.3 Å². The molecule has 1 aliphatic heterocycles. The lowest BCUT2D eigenvalue weighted by molar-refractivity contribution is 0.0318. The molecule has 0 spiro atoms. The minimum Gasteiger partial charge on any atom is -0.467 e. The third-order valence-electron chi connectivity index (χ3n) is 3.63. The van der Waals surface area contributed by atoms with Crippen LogP contribution in [0, 0.1) is 0 Å². The topological polar surface area (TPSA) is 49.1 Å². The molecule has 1 fully saturated rings. The van der Waals surface area contributed by atoms with E-state index in [4.69, 9.17) is 9.15 Å². The van der Waals surface area contributed by atoms with Crippen LogP contribution in [0.25, 0.3) is 0 Å². The second-order valence-electron chi connectivity index (χ2n) is 5.59. The van der Waals surface area contributed by atoms with Gasteiger partial charge in [-0.05, 0) is 26.0 Å². The summed E-state index contributed by atoms with van der Waals surface area (Å²) in [5.74, 6) is 0.651. The Labute approximate surface area is 121 Å². The van der Waals surface area contributed by atoms with Gasteiger partial charge in [-0.25, -0.2) is 0 Å². The van der Waals surface area contributed by atoms with Gasteiger partial charge in [-0.2, -0.15) is 0 Å². The molecule has 0 aliphatic carbocycles. The zero-order chi connectivity index (χ0) is 14.4. The van der Waals surface area contributed by atoms with Crippen LogP contribution in [0.15, 0.2) is 22.8 Å². The molecule has 0 unspecified atom stereocenters. The normalized spacial score (nSPS) is 19.6. The first kappa shape index (κ1) is 15.5. The summed E-state index contributed by atoms with van der Waals surface area (Å²) in [7, 11) is 0. The van der Waals surface area contributed by atoms with Crippen LogP contribution in [-0.4, -0.2) is 66.9 Å². The number of rotatable bonds is 7. The third kappa shape index (κ3) is 4.90. The van der Waals surface area contributed by atoms with Crippen molar-refractivity contribution in [1.29, 1.82) is 0 Å². The standard InChI is InChI=1S/C15H26N2O3/c1-13(2)19-11-9-16-5-7-17(8-6-16)12-14(18)15-4-3-10-20-15/h3-4,10,13-14,18H,5-9,11-12H2,1-2H3/t14-/m1/s1. The summed E-state index contributed by atoms with van der Waals surface area (Å²) in [6.07, 6.45) is 1.38. The van der Waals surface area contributed by atoms with Gasteiger partial charge in [-0.15, -0.1) is 0 Å². The van der Waals surface area contributed by atoms with E-state index < -0.39 is 6.10 Å². The molecule has 114 valence electrons. The number of furan rings is 1. The van der Waals surface area contributed by atoms with Gasteiger partial charge in [0, 0.05) is 39.3 Å². The Kier molecular flexibility index (Phi) is 6.04. The van der Waals surface area contributed by atoms with Crippen LogP contribution < -0.4 is 0 Å². The molecule has 20 heavy (non-hydrogen) atoms. The number of β-amino-alcohol motifs (C(OH)–C–C–N with tert-alkyl or cyclic N) is 1. The molecule has 1 aromatic heterocycles. The van der Waals surface area contributed by atoms with Crippen molar-refractivity contribution >= 4 is 0 Å². The van der Waals surface area contributed by atoms with Crippen LogP contribution >= 0.6 is 0 Å². The zero-order valence-corrected chi connectivity index (χ0v) is 12.5. The molecule has 1 aliphatic rings. The van der Waals surface area contributed by atoms with Crippen LogP contribution in [-0.2, 0) is 4.74 Å². The van der Waals surface area contributed by atoms with Crippen molar-refractivity contribution in [3.63, 3.8) is 0 Å². The van der Waals surface area contributed by atoms with Crippen molar-refractivity contribution in [1.82, 2.24) is 9.80 Å². The van der Waals surface area contributed by atoms with E-state index in [1.807, 2.05) is 12.1 Å². The number of aliphatic hydroxyl groups is 1. The van der Waals surface area contributed by atoms with Crippen molar-refractivity contribution < 1.29 is 14.3 Å². The van der Waals surface area contributed by atoms with E-state index in [-0.39, 0.29) is 0 Å². The predicted octanol–water partition coefficient (Wildman–Crippen LogP) is 1.36. The average Bonchev–Trinajstić information content (AvgIpc) is 2.94. The van der Waals surface area contributed by atoms with Crippen molar-refractivity contribution in [3.05, 3.63) is 24.2 Å². The predicted molar refractivity (Wildman–Crippen MR) is 77.6 cm³/mol. The summed E-state index contributed by atoms with van der Waals surface area (Å²) in [6, 6.07) is 3.63. The van der Waals surface area contributed by atoms with Gasteiger partial charge in [0.2, 0.25) is 0 Å². The maximum absolute atomic E-state index is 10.1. The Morgan fingerprint density at radius 2 is 1.95 bits per heavy atom. The maximum atomic E-state index is 10.1. The number of nitrogens with zero attached hydrogens (tertiary/aromatic N) is 2. The monoisotopic (exact) mass is 282 g/mol. The molecule has 1 aromatic rings. The molecule has 1 atom stereocenters. The van der Waals surface area contributed by atoms with Crippen LogP contribution in [0.3, 0.4) is 0 Å². The Morgan fingerprint density at radius 3 is 2.55 bits per heavy atom. The molecule has 0 saturated carbocycles. The maximum Gasteiger partial charge on any atom is 0.133 e. The summed E-state index contributed by atoms with van der Waals surface area (Å²) in [5.41, 5.74) is 0. The van der Waals surface area contributed by atoms with Crippen LogP contribution in [0.5, 0.6) is 0 Å². The van der Waals surface area contributed by atoms with Crippen LogP contribution in [0.2, 0.25) is 0 Å². The Hall–Kier alpha value is -0.880. The second-order valence-corrected chi connectivity index (χ2v) is 5.59. The smallest absolute Gasteiger partial charge is 0.133 e. The fraction of sp³-hybridized carbons (Fsp3) is 0.733. The average molecular weight is 282 g/mol. The lowest BCUT2D eigenvalue weighted by Gasteiger charge is -2.35. The molecular weight excluding hydrogens is 256 g/mol. The minimum absolute atomic E-state index is 0.305. The highest BCUT2D eigenvalue weighted by molar-refractivity contribution is 5.02. The second kappa shape index (κ2) is 7.78. The third-order valence-corrected chi connectivity index (χ3v) is 3.63. The van der Waals surface area contributed by atoms with Gasteiger partial charge in [0.15, 0.2) is 0 Å². The molecule has 0 aromatic carbocycles. The number of hydrogen-bond donors (Lipinski definition) is 1. The molecule has 0 bridgehead atoms. The molecule has 0 radical (unpaired) electrons. The first-order valence-corrected chi connectivity index (χ1v) is 7.43. The quantitative estimate of drug-likeness (QED) is 0.818.